The van der Waals surface area contributed by atoms with Crippen LogP contribution in [0.1, 0.15) is 5.56 Å². The first-order chi connectivity index (χ1) is 9.20. The van der Waals surface area contributed by atoms with Crippen molar-refractivity contribution < 1.29 is 23.8 Å². The van der Waals surface area contributed by atoms with E-state index < -0.39 is 5.82 Å². The Morgan fingerprint density at radius 2 is 2.05 bits per heavy atom. The average molecular weight is 272 g/mol. The van der Waals surface area contributed by atoms with Gasteiger partial charge in [-0.1, -0.05) is 11.2 Å². The maximum atomic E-state index is 13.6. The van der Waals surface area contributed by atoms with Crippen molar-refractivity contribution in [2.45, 2.75) is 0 Å². The minimum Gasteiger partial charge on any atom is -0.490 e. The number of rotatable bonds is 8. The number of hydrogen-bond donors (Lipinski definition) is 2. The lowest BCUT2D eigenvalue weighted by atomic mass is 10.1. The van der Waals surface area contributed by atoms with Crippen LogP contribution in [0.2, 0.25) is 0 Å². The van der Waals surface area contributed by atoms with Gasteiger partial charge in [-0.3, -0.25) is 0 Å². The van der Waals surface area contributed by atoms with Crippen molar-refractivity contribution in [3.63, 3.8) is 0 Å². The normalized spacial score (nSPS) is 11.6. The quantitative estimate of drug-likeness (QED) is 0.242. The number of ether oxygens (including phenoxy) is 3. The largest absolute Gasteiger partial charge is 0.490 e. The van der Waals surface area contributed by atoms with E-state index in [1.165, 1.54) is 18.2 Å². The molecule has 0 aliphatic carbocycles. The first kappa shape index (κ1) is 15.2. The minimum absolute atomic E-state index is 0.0677. The minimum atomic E-state index is -0.617. The highest BCUT2D eigenvalue weighted by Crippen LogP contribution is 2.21. The molecule has 0 unspecified atom stereocenters. The molecule has 19 heavy (non-hydrogen) atoms. The summed E-state index contributed by atoms with van der Waals surface area (Å²) in [7, 11) is 1.58. The van der Waals surface area contributed by atoms with E-state index >= 15 is 0 Å². The van der Waals surface area contributed by atoms with Crippen LogP contribution in [0.4, 0.5) is 4.39 Å². The molecule has 0 amide bonds. The summed E-state index contributed by atoms with van der Waals surface area (Å²) in [6.07, 6.45) is 0. The lowest BCUT2D eigenvalue weighted by Gasteiger charge is -2.11. The standard InChI is InChI=1S/C12H17FN2O4/c1-17-5-6-18-7-8-19-10-4-2-3-9(13)11(10)12(14)15-16/h2-4,16H,5-8H2,1H3,(H2,14,15). The van der Waals surface area contributed by atoms with Gasteiger partial charge in [0.15, 0.2) is 5.84 Å². The SMILES string of the molecule is COCCOCCOc1cccc(F)c1/C(N)=N/O. The van der Waals surface area contributed by atoms with Gasteiger partial charge in [0.05, 0.1) is 25.4 Å². The first-order valence-electron chi connectivity index (χ1n) is 5.66. The second-order valence-corrected chi connectivity index (χ2v) is 3.55. The van der Waals surface area contributed by atoms with Crippen LogP contribution in [0.3, 0.4) is 0 Å². The first-order valence-corrected chi connectivity index (χ1v) is 5.66. The van der Waals surface area contributed by atoms with Gasteiger partial charge in [-0.2, -0.15) is 0 Å². The summed E-state index contributed by atoms with van der Waals surface area (Å²) in [5, 5.41) is 11.4. The van der Waals surface area contributed by atoms with Crippen molar-refractivity contribution in [2.24, 2.45) is 10.9 Å². The van der Waals surface area contributed by atoms with Crippen LogP contribution in [0.25, 0.3) is 0 Å². The molecule has 1 rings (SSSR count). The van der Waals surface area contributed by atoms with Crippen LogP contribution >= 0.6 is 0 Å². The number of nitrogens with two attached hydrogens (primary N) is 1. The summed E-state index contributed by atoms with van der Waals surface area (Å²) in [5.41, 5.74) is 5.33. The molecule has 0 aliphatic heterocycles. The lowest BCUT2D eigenvalue weighted by Crippen LogP contribution is -2.18. The molecule has 106 valence electrons. The Bertz CT molecular complexity index is 426. The fourth-order valence-corrected chi connectivity index (χ4v) is 1.38. The second kappa shape index (κ2) is 8.28. The Hall–Kier alpha value is -1.86. The molecule has 0 aromatic heterocycles. The number of oxime groups is 1. The molecule has 1 aromatic carbocycles. The van der Waals surface area contributed by atoms with Gasteiger partial charge in [-0.05, 0) is 12.1 Å². The van der Waals surface area contributed by atoms with Gasteiger partial charge in [-0.15, -0.1) is 0 Å². The van der Waals surface area contributed by atoms with E-state index in [1.54, 1.807) is 7.11 Å². The molecular weight excluding hydrogens is 255 g/mol. The molecule has 0 heterocycles. The monoisotopic (exact) mass is 272 g/mol. The second-order valence-electron chi connectivity index (χ2n) is 3.55. The summed E-state index contributed by atoms with van der Waals surface area (Å²) >= 11 is 0. The van der Waals surface area contributed by atoms with E-state index in [2.05, 4.69) is 5.16 Å². The summed E-state index contributed by atoms with van der Waals surface area (Å²) in [5.74, 6) is -0.757. The van der Waals surface area contributed by atoms with Crippen molar-refractivity contribution in [2.75, 3.05) is 33.5 Å². The van der Waals surface area contributed by atoms with Gasteiger partial charge < -0.3 is 25.2 Å². The smallest absolute Gasteiger partial charge is 0.176 e. The van der Waals surface area contributed by atoms with Crippen molar-refractivity contribution in [1.29, 1.82) is 0 Å². The number of amidine groups is 1. The summed E-state index contributed by atoms with van der Waals surface area (Å²) in [6.45, 7) is 1.50. The van der Waals surface area contributed by atoms with Gasteiger partial charge in [0, 0.05) is 7.11 Å². The van der Waals surface area contributed by atoms with Crippen molar-refractivity contribution in [3.8, 4) is 5.75 Å². The van der Waals surface area contributed by atoms with E-state index in [0.717, 1.165) is 0 Å². The zero-order chi connectivity index (χ0) is 14.1. The fraction of sp³-hybridized carbons (Fsp3) is 0.417. The van der Waals surface area contributed by atoms with E-state index in [4.69, 9.17) is 25.2 Å². The predicted molar refractivity (Wildman–Crippen MR) is 67.1 cm³/mol. The Balaban J connectivity index is 2.56. The number of hydrogen-bond acceptors (Lipinski definition) is 5. The molecule has 0 saturated heterocycles. The predicted octanol–water partition coefficient (Wildman–Crippen LogP) is 0.962. The molecule has 0 spiro atoms. The third kappa shape index (κ3) is 4.72. The molecular formula is C12H17FN2O4. The van der Waals surface area contributed by atoms with Crippen LogP contribution in [0.15, 0.2) is 23.4 Å². The Morgan fingerprint density at radius 1 is 1.32 bits per heavy atom. The molecule has 3 N–H and O–H groups in total. The zero-order valence-corrected chi connectivity index (χ0v) is 10.6. The molecule has 0 radical (unpaired) electrons. The average Bonchev–Trinajstić information content (AvgIpc) is 2.42. The highest BCUT2D eigenvalue weighted by Gasteiger charge is 2.13. The molecule has 6 nitrogen and oxygen atoms in total. The molecule has 1 aromatic rings. The Morgan fingerprint density at radius 3 is 2.74 bits per heavy atom. The zero-order valence-electron chi connectivity index (χ0n) is 10.6. The number of methoxy groups -OCH3 is 1. The van der Waals surface area contributed by atoms with Crippen molar-refractivity contribution in [3.05, 3.63) is 29.6 Å². The Kier molecular flexibility index (Phi) is 6.62. The topological polar surface area (TPSA) is 86.3 Å². The van der Waals surface area contributed by atoms with Gasteiger partial charge >= 0.3 is 0 Å². The van der Waals surface area contributed by atoms with Crippen molar-refractivity contribution >= 4 is 5.84 Å². The maximum absolute atomic E-state index is 13.6. The van der Waals surface area contributed by atoms with E-state index in [1.807, 2.05) is 0 Å². The molecule has 0 aliphatic rings. The van der Waals surface area contributed by atoms with Crippen LogP contribution in [-0.4, -0.2) is 44.6 Å². The van der Waals surface area contributed by atoms with Gasteiger partial charge in [0.2, 0.25) is 0 Å². The fourth-order valence-electron chi connectivity index (χ4n) is 1.38. The molecule has 7 heteroatoms. The molecule has 0 fully saturated rings. The Labute approximate surface area is 110 Å². The highest BCUT2D eigenvalue weighted by molar-refractivity contribution is 5.99. The molecule has 0 atom stereocenters. The number of benzene rings is 1. The van der Waals surface area contributed by atoms with E-state index in [0.29, 0.717) is 19.8 Å². The van der Waals surface area contributed by atoms with Gasteiger partial charge in [0.1, 0.15) is 18.2 Å². The number of nitrogens with zero attached hydrogens (tertiary/aromatic N) is 1. The van der Waals surface area contributed by atoms with Gasteiger partial charge in [0.25, 0.3) is 0 Å². The summed E-state index contributed by atoms with van der Waals surface area (Å²) in [6, 6.07) is 4.21. The third-order valence-electron chi connectivity index (χ3n) is 2.26. The van der Waals surface area contributed by atoms with E-state index in [-0.39, 0.29) is 23.8 Å². The molecule has 0 bridgehead atoms. The van der Waals surface area contributed by atoms with Crippen LogP contribution < -0.4 is 10.5 Å². The van der Waals surface area contributed by atoms with Crippen LogP contribution in [0, 0.1) is 5.82 Å². The van der Waals surface area contributed by atoms with Crippen LogP contribution in [0.5, 0.6) is 5.75 Å². The van der Waals surface area contributed by atoms with Gasteiger partial charge in [-0.25, -0.2) is 4.39 Å². The highest BCUT2D eigenvalue weighted by atomic mass is 19.1. The summed E-state index contributed by atoms with van der Waals surface area (Å²) < 4.78 is 28.9. The lowest BCUT2D eigenvalue weighted by molar-refractivity contribution is 0.0543. The third-order valence-corrected chi connectivity index (χ3v) is 2.26. The molecule has 0 saturated carbocycles. The van der Waals surface area contributed by atoms with Crippen LogP contribution in [-0.2, 0) is 9.47 Å². The van der Waals surface area contributed by atoms with E-state index in [9.17, 15) is 4.39 Å². The summed E-state index contributed by atoms with van der Waals surface area (Å²) in [4.78, 5) is 0. The number of halogens is 1. The maximum Gasteiger partial charge on any atom is 0.176 e. The van der Waals surface area contributed by atoms with Crippen molar-refractivity contribution in [1.82, 2.24) is 0 Å².